The highest BCUT2D eigenvalue weighted by atomic mass is 16.2. The first-order valence-electron chi connectivity index (χ1n) is 8.86. The van der Waals surface area contributed by atoms with Gasteiger partial charge in [0.25, 0.3) is 0 Å². The van der Waals surface area contributed by atoms with E-state index in [1.165, 1.54) is 0 Å². The Morgan fingerprint density at radius 3 is 2.08 bits per heavy atom. The standard InChI is InChI=1S/C19H20N6O/c20-11-15-3-4-16(12-21-15)24-7-9-25(10-8-24)17-5-6-18(22-13-17)23-19(26)14-1-2-14/h3-6,12-14H,1-2,7-10H2,(H,22,23,26). The quantitative estimate of drug-likeness (QED) is 0.910. The molecule has 7 heteroatoms. The van der Waals surface area contributed by atoms with Crippen LogP contribution >= 0.6 is 0 Å². The van der Waals surface area contributed by atoms with Crippen LogP contribution in [0.15, 0.2) is 36.7 Å². The summed E-state index contributed by atoms with van der Waals surface area (Å²) in [4.78, 5) is 24.8. The number of hydrogen-bond acceptors (Lipinski definition) is 6. The van der Waals surface area contributed by atoms with Gasteiger partial charge in [0.2, 0.25) is 5.91 Å². The van der Waals surface area contributed by atoms with Gasteiger partial charge in [0.05, 0.1) is 23.8 Å². The molecule has 1 saturated carbocycles. The predicted molar refractivity (Wildman–Crippen MR) is 99.0 cm³/mol. The van der Waals surface area contributed by atoms with Crippen molar-refractivity contribution in [3.05, 3.63) is 42.4 Å². The van der Waals surface area contributed by atoms with Crippen molar-refractivity contribution in [2.45, 2.75) is 12.8 Å². The van der Waals surface area contributed by atoms with Gasteiger partial charge in [-0.25, -0.2) is 9.97 Å². The molecule has 2 aliphatic rings. The van der Waals surface area contributed by atoms with Crippen molar-refractivity contribution in [1.29, 1.82) is 5.26 Å². The van der Waals surface area contributed by atoms with E-state index in [1.54, 1.807) is 12.3 Å². The van der Waals surface area contributed by atoms with E-state index in [0.29, 0.717) is 11.5 Å². The average Bonchev–Trinajstić information content (AvgIpc) is 3.54. The Morgan fingerprint density at radius 2 is 1.62 bits per heavy atom. The highest BCUT2D eigenvalue weighted by molar-refractivity contribution is 5.93. The van der Waals surface area contributed by atoms with Gasteiger partial charge in [0, 0.05) is 32.1 Å². The van der Waals surface area contributed by atoms with Crippen molar-refractivity contribution in [1.82, 2.24) is 9.97 Å². The number of nitriles is 1. The van der Waals surface area contributed by atoms with E-state index in [9.17, 15) is 4.79 Å². The van der Waals surface area contributed by atoms with Crippen molar-refractivity contribution in [2.24, 2.45) is 5.92 Å². The second-order valence-corrected chi connectivity index (χ2v) is 6.65. The Kier molecular flexibility index (Phi) is 4.40. The van der Waals surface area contributed by atoms with E-state index in [1.807, 2.05) is 30.5 Å². The summed E-state index contributed by atoms with van der Waals surface area (Å²) in [7, 11) is 0. The number of rotatable bonds is 4. The van der Waals surface area contributed by atoms with Gasteiger partial charge in [0.15, 0.2) is 0 Å². The summed E-state index contributed by atoms with van der Waals surface area (Å²) >= 11 is 0. The van der Waals surface area contributed by atoms with Gasteiger partial charge >= 0.3 is 0 Å². The van der Waals surface area contributed by atoms with Crippen molar-refractivity contribution in [3.8, 4) is 6.07 Å². The fourth-order valence-corrected chi connectivity index (χ4v) is 3.08. The van der Waals surface area contributed by atoms with Crippen LogP contribution in [0.5, 0.6) is 0 Å². The normalized spacial score (nSPS) is 16.9. The largest absolute Gasteiger partial charge is 0.367 e. The number of piperazine rings is 1. The second kappa shape index (κ2) is 7.00. The van der Waals surface area contributed by atoms with E-state index in [4.69, 9.17) is 5.26 Å². The lowest BCUT2D eigenvalue weighted by molar-refractivity contribution is -0.117. The molecule has 4 rings (SSSR count). The molecule has 0 aromatic carbocycles. The topological polar surface area (TPSA) is 85.2 Å². The number of pyridine rings is 2. The lowest BCUT2D eigenvalue weighted by atomic mass is 10.2. The minimum atomic E-state index is 0.0786. The Hall–Kier alpha value is -3.14. The number of carbonyl (C=O) groups excluding carboxylic acids is 1. The van der Waals surface area contributed by atoms with E-state index < -0.39 is 0 Å². The van der Waals surface area contributed by atoms with Crippen LogP contribution in [0.2, 0.25) is 0 Å². The maximum atomic E-state index is 11.8. The number of hydrogen-bond donors (Lipinski definition) is 1. The van der Waals surface area contributed by atoms with E-state index in [2.05, 4.69) is 25.1 Å². The van der Waals surface area contributed by atoms with Crippen molar-refractivity contribution < 1.29 is 4.79 Å². The third kappa shape index (κ3) is 3.59. The highest BCUT2D eigenvalue weighted by Crippen LogP contribution is 2.30. The number of nitrogens with zero attached hydrogens (tertiary/aromatic N) is 5. The van der Waals surface area contributed by atoms with Crippen LogP contribution in [-0.4, -0.2) is 42.1 Å². The van der Waals surface area contributed by atoms with Crippen molar-refractivity contribution in [2.75, 3.05) is 41.3 Å². The average molecular weight is 348 g/mol. The molecule has 2 aromatic rings. The van der Waals surface area contributed by atoms with Crippen LogP contribution in [0.25, 0.3) is 0 Å². The molecule has 1 N–H and O–H groups in total. The molecule has 0 radical (unpaired) electrons. The van der Waals surface area contributed by atoms with Crippen LogP contribution in [0.3, 0.4) is 0 Å². The fraction of sp³-hybridized carbons (Fsp3) is 0.368. The number of nitrogens with one attached hydrogen (secondary N) is 1. The van der Waals surface area contributed by atoms with E-state index in [-0.39, 0.29) is 11.8 Å². The molecule has 3 heterocycles. The van der Waals surface area contributed by atoms with Gasteiger partial charge in [-0.05, 0) is 37.1 Å². The molecule has 2 aromatic heterocycles. The van der Waals surface area contributed by atoms with Crippen LogP contribution in [0.1, 0.15) is 18.5 Å². The van der Waals surface area contributed by atoms with Crippen LogP contribution < -0.4 is 15.1 Å². The van der Waals surface area contributed by atoms with E-state index >= 15 is 0 Å². The Labute approximate surface area is 152 Å². The molecule has 0 atom stereocenters. The minimum absolute atomic E-state index is 0.0786. The summed E-state index contributed by atoms with van der Waals surface area (Å²) in [6.45, 7) is 3.53. The zero-order valence-electron chi connectivity index (χ0n) is 14.4. The van der Waals surface area contributed by atoms with Crippen LogP contribution in [-0.2, 0) is 4.79 Å². The number of carbonyl (C=O) groups is 1. The van der Waals surface area contributed by atoms with Crippen LogP contribution in [0.4, 0.5) is 17.2 Å². The number of aromatic nitrogens is 2. The lowest BCUT2D eigenvalue weighted by Crippen LogP contribution is -2.46. The fourth-order valence-electron chi connectivity index (χ4n) is 3.08. The third-order valence-electron chi connectivity index (χ3n) is 4.82. The molecule has 26 heavy (non-hydrogen) atoms. The maximum Gasteiger partial charge on any atom is 0.228 e. The number of anilines is 3. The second-order valence-electron chi connectivity index (χ2n) is 6.65. The summed E-state index contributed by atoms with van der Waals surface area (Å²) in [5.74, 6) is 0.879. The zero-order valence-corrected chi connectivity index (χ0v) is 14.4. The summed E-state index contributed by atoms with van der Waals surface area (Å²) < 4.78 is 0. The van der Waals surface area contributed by atoms with Gasteiger partial charge < -0.3 is 15.1 Å². The Bertz CT molecular complexity index is 815. The van der Waals surface area contributed by atoms with Gasteiger partial charge in [-0.2, -0.15) is 5.26 Å². The Morgan fingerprint density at radius 1 is 1.00 bits per heavy atom. The minimum Gasteiger partial charge on any atom is -0.367 e. The zero-order chi connectivity index (χ0) is 17.9. The molecule has 0 bridgehead atoms. The molecule has 1 saturated heterocycles. The van der Waals surface area contributed by atoms with Gasteiger partial charge in [0.1, 0.15) is 17.6 Å². The maximum absolute atomic E-state index is 11.8. The molecule has 1 amide bonds. The molecule has 1 aliphatic heterocycles. The first-order valence-corrected chi connectivity index (χ1v) is 8.86. The van der Waals surface area contributed by atoms with Crippen molar-refractivity contribution >= 4 is 23.1 Å². The van der Waals surface area contributed by atoms with Crippen LogP contribution in [0, 0.1) is 17.2 Å². The molecule has 7 nitrogen and oxygen atoms in total. The SMILES string of the molecule is N#Cc1ccc(N2CCN(c3ccc(NC(=O)C4CC4)nc3)CC2)cn1. The van der Waals surface area contributed by atoms with Gasteiger partial charge in [-0.3, -0.25) is 4.79 Å². The highest BCUT2D eigenvalue weighted by Gasteiger charge is 2.29. The van der Waals surface area contributed by atoms with E-state index in [0.717, 1.165) is 50.4 Å². The summed E-state index contributed by atoms with van der Waals surface area (Å²) in [5, 5.41) is 11.7. The summed E-state index contributed by atoms with van der Waals surface area (Å²) in [5.41, 5.74) is 2.54. The Balaban J connectivity index is 1.33. The summed E-state index contributed by atoms with van der Waals surface area (Å²) in [6, 6.07) is 9.61. The molecule has 1 aliphatic carbocycles. The molecule has 2 fully saturated rings. The summed E-state index contributed by atoms with van der Waals surface area (Å²) in [6.07, 6.45) is 5.56. The van der Waals surface area contributed by atoms with Crippen molar-refractivity contribution in [3.63, 3.8) is 0 Å². The third-order valence-corrected chi connectivity index (χ3v) is 4.82. The first-order chi connectivity index (χ1) is 12.7. The predicted octanol–water partition coefficient (Wildman–Crippen LogP) is 2.02. The molecular formula is C19H20N6O. The van der Waals surface area contributed by atoms with Gasteiger partial charge in [-0.1, -0.05) is 0 Å². The monoisotopic (exact) mass is 348 g/mol. The number of amides is 1. The molecule has 0 spiro atoms. The first kappa shape index (κ1) is 16.3. The lowest BCUT2D eigenvalue weighted by Gasteiger charge is -2.37. The van der Waals surface area contributed by atoms with Gasteiger partial charge in [-0.15, -0.1) is 0 Å². The molecule has 0 unspecified atom stereocenters. The smallest absolute Gasteiger partial charge is 0.228 e. The molecular weight excluding hydrogens is 328 g/mol. The molecule has 132 valence electrons.